The number of aryl methyl sites for hydroxylation is 1. The molecule has 1 aliphatic heterocycles. The first-order valence-electron chi connectivity index (χ1n) is 8.81. The number of allylic oxidation sites excluding steroid dienone is 1. The van der Waals surface area contributed by atoms with E-state index in [1.807, 2.05) is 60.6 Å². The molecular formula is C22H20ClN3O2S. The molecule has 0 spiro atoms. The van der Waals surface area contributed by atoms with E-state index < -0.39 is 10.0 Å². The number of sulfonamides is 1. The molecule has 148 valence electrons. The van der Waals surface area contributed by atoms with Gasteiger partial charge in [0, 0.05) is 35.6 Å². The van der Waals surface area contributed by atoms with Gasteiger partial charge in [0.1, 0.15) is 0 Å². The van der Waals surface area contributed by atoms with E-state index in [-0.39, 0.29) is 17.3 Å². The van der Waals surface area contributed by atoms with Crippen LogP contribution >= 0.6 is 12.4 Å². The van der Waals surface area contributed by atoms with Crippen molar-refractivity contribution in [3.63, 3.8) is 0 Å². The lowest BCUT2D eigenvalue weighted by atomic mass is 10.1. The molecule has 0 atom stereocenters. The number of aliphatic imine (C=N–C) groups is 1. The van der Waals surface area contributed by atoms with Crippen molar-refractivity contribution in [1.82, 2.24) is 0 Å². The van der Waals surface area contributed by atoms with Crippen LogP contribution in [0.15, 0.2) is 95.2 Å². The van der Waals surface area contributed by atoms with E-state index >= 15 is 0 Å². The topological polar surface area (TPSA) is 61.8 Å². The molecule has 0 fully saturated rings. The summed E-state index contributed by atoms with van der Waals surface area (Å²) in [6.45, 7) is 1.92. The first-order valence-corrected chi connectivity index (χ1v) is 10.3. The standard InChI is InChI=1S/C22H19N3O2S.ClH/c1-17-7-9-18(10-8-17)28(26,27)24-21-11-12-22(20-6-3-2-5-19(20)21)25-15-4-13-23-14-16-25;/h2-16,24H,1H3;1H. The summed E-state index contributed by atoms with van der Waals surface area (Å²) >= 11 is 0. The smallest absolute Gasteiger partial charge is 0.261 e. The highest BCUT2D eigenvalue weighted by atomic mass is 35.5. The van der Waals surface area contributed by atoms with Gasteiger partial charge in [0.05, 0.1) is 16.3 Å². The lowest BCUT2D eigenvalue weighted by Gasteiger charge is -2.19. The Labute approximate surface area is 176 Å². The molecule has 0 unspecified atom stereocenters. The number of benzene rings is 3. The van der Waals surface area contributed by atoms with Crippen LogP contribution < -0.4 is 9.62 Å². The molecule has 0 aliphatic carbocycles. The van der Waals surface area contributed by atoms with E-state index in [0.29, 0.717) is 5.69 Å². The Morgan fingerprint density at radius 1 is 0.897 bits per heavy atom. The molecule has 1 N–H and O–H groups in total. The first kappa shape index (κ1) is 20.6. The van der Waals surface area contributed by atoms with Crippen molar-refractivity contribution in [2.45, 2.75) is 11.8 Å². The van der Waals surface area contributed by atoms with Crippen LogP contribution in [-0.4, -0.2) is 14.6 Å². The van der Waals surface area contributed by atoms with Gasteiger partial charge in [-0.1, -0.05) is 42.0 Å². The monoisotopic (exact) mass is 425 g/mol. The third-order valence-corrected chi connectivity index (χ3v) is 5.87. The van der Waals surface area contributed by atoms with Crippen molar-refractivity contribution in [2.75, 3.05) is 9.62 Å². The molecule has 1 aliphatic rings. The molecule has 7 heteroatoms. The second kappa shape index (κ2) is 8.51. The highest BCUT2D eigenvalue weighted by Crippen LogP contribution is 2.34. The van der Waals surface area contributed by atoms with Gasteiger partial charge in [-0.15, -0.1) is 12.4 Å². The van der Waals surface area contributed by atoms with Crippen LogP contribution in [0.25, 0.3) is 10.8 Å². The minimum absolute atomic E-state index is 0. The molecule has 0 amide bonds. The van der Waals surface area contributed by atoms with Crippen molar-refractivity contribution in [1.29, 1.82) is 0 Å². The van der Waals surface area contributed by atoms with Gasteiger partial charge in [-0.2, -0.15) is 0 Å². The average Bonchev–Trinajstić information content (AvgIpc) is 2.98. The summed E-state index contributed by atoms with van der Waals surface area (Å²) in [5.41, 5.74) is 2.49. The largest absolute Gasteiger partial charge is 0.322 e. The van der Waals surface area contributed by atoms with Crippen LogP contribution in [0.2, 0.25) is 0 Å². The van der Waals surface area contributed by atoms with Gasteiger partial charge < -0.3 is 4.90 Å². The van der Waals surface area contributed by atoms with Gasteiger partial charge >= 0.3 is 0 Å². The van der Waals surface area contributed by atoms with Crippen LogP contribution in [0.5, 0.6) is 0 Å². The minimum Gasteiger partial charge on any atom is -0.322 e. The quantitative estimate of drug-likeness (QED) is 0.621. The number of nitrogens with one attached hydrogen (secondary N) is 1. The average molecular weight is 426 g/mol. The molecular weight excluding hydrogens is 406 g/mol. The Morgan fingerprint density at radius 2 is 1.62 bits per heavy atom. The van der Waals surface area contributed by atoms with Gasteiger partial charge in [-0.25, -0.2) is 8.42 Å². The highest BCUT2D eigenvalue weighted by molar-refractivity contribution is 7.92. The van der Waals surface area contributed by atoms with E-state index in [1.165, 1.54) is 0 Å². The number of anilines is 2. The van der Waals surface area contributed by atoms with Crippen LogP contribution in [0.3, 0.4) is 0 Å². The Balaban J connectivity index is 0.00000240. The van der Waals surface area contributed by atoms with E-state index in [9.17, 15) is 8.42 Å². The molecule has 1 heterocycles. The Morgan fingerprint density at radius 3 is 2.38 bits per heavy atom. The summed E-state index contributed by atoms with van der Waals surface area (Å²) in [6.07, 6.45) is 9.04. The third-order valence-electron chi connectivity index (χ3n) is 4.49. The molecule has 3 aromatic carbocycles. The number of hydrogen-bond acceptors (Lipinski definition) is 4. The summed E-state index contributed by atoms with van der Waals surface area (Å²) < 4.78 is 28.4. The maximum absolute atomic E-state index is 12.8. The lowest BCUT2D eigenvalue weighted by molar-refractivity contribution is 0.601. The van der Waals surface area contributed by atoms with Gasteiger partial charge in [0.2, 0.25) is 0 Å². The zero-order valence-electron chi connectivity index (χ0n) is 15.7. The van der Waals surface area contributed by atoms with Crippen molar-refractivity contribution in [3.05, 3.63) is 90.9 Å². The van der Waals surface area contributed by atoms with Gasteiger partial charge in [-0.3, -0.25) is 9.71 Å². The predicted octanol–water partition coefficient (Wildman–Crippen LogP) is 5.25. The summed E-state index contributed by atoms with van der Waals surface area (Å²) in [5, 5.41) is 1.76. The second-order valence-electron chi connectivity index (χ2n) is 6.44. The van der Waals surface area contributed by atoms with Crippen LogP contribution in [0, 0.1) is 6.92 Å². The predicted molar refractivity (Wildman–Crippen MR) is 122 cm³/mol. The third kappa shape index (κ3) is 4.34. The molecule has 0 bridgehead atoms. The Bertz CT molecular complexity index is 1200. The number of halogens is 1. The molecule has 0 aromatic heterocycles. The Kier molecular flexibility index (Phi) is 6.06. The van der Waals surface area contributed by atoms with Crippen molar-refractivity contribution in [3.8, 4) is 0 Å². The van der Waals surface area contributed by atoms with Gasteiger partial charge in [-0.05, 0) is 37.3 Å². The fourth-order valence-electron chi connectivity index (χ4n) is 3.07. The van der Waals surface area contributed by atoms with Crippen LogP contribution in [0.1, 0.15) is 5.56 Å². The summed E-state index contributed by atoms with van der Waals surface area (Å²) in [6, 6.07) is 18.2. The van der Waals surface area contributed by atoms with Crippen molar-refractivity contribution >= 4 is 50.8 Å². The zero-order chi connectivity index (χ0) is 19.6. The highest BCUT2D eigenvalue weighted by Gasteiger charge is 2.17. The lowest BCUT2D eigenvalue weighted by Crippen LogP contribution is -2.14. The second-order valence-corrected chi connectivity index (χ2v) is 8.12. The normalized spacial score (nSPS) is 13.2. The number of hydrogen-bond donors (Lipinski definition) is 1. The van der Waals surface area contributed by atoms with Gasteiger partial charge in [0.25, 0.3) is 10.0 Å². The Hall–Kier alpha value is -3.09. The maximum Gasteiger partial charge on any atom is 0.261 e. The molecule has 5 nitrogen and oxygen atoms in total. The molecule has 0 saturated heterocycles. The minimum atomic E-state index is -3.68. The first-order chi connectivity index (χ1) is 13.5. The van der Waals surface area contributed by atoms with E-state index in [2.05, 4.69) is 9.71 Å². The van der Waals surface area contributed by atoms with Crippen LogP contribution in [-0.2, 0) is 10.0 Å². The SMILES string of the molecule is Cc1ccc(S(=O)(=O)Nc2ccc(N3C=CC=NC=C3)c3ccccc23)cc1.Cl. The van der Waals surface area contributed by atoms with E-state index in [1.54, 1.807) is 42.7 Å². The van der Waals surface area contributed by atoms with Crippen molar-refractivity contribution < 1.29 is 8.42 Å². The van der Waals surface area contributed by atoms with E-state index in [0.717, 1.165) is 22.0 Å². The maximum atomic E-state index is 12.8. The van der Waals surface area contributed by atoms with Gasteiger partial charge in [0.15, 0.2) is 0 Å². The fraction of sp³-hybridized carbons (Fsp3) is 0.0455. The summed E-state index contributed by atoms with van der Waals surface area (Å²) in [5.74, 6) is 0. The fourth-order valence-corrected chi connectivity index (χ4v) is 4.15. The molecule has 29 heavy (non-hydrogen) atoms. The molecule has 3 aromatic rings. The summed E-state index contributed by atoms with van der Waals surface area (Å²) in [4.78, 5) is 6.30. The van der Waals surface area contributed by atoms with Crippen molar-refractivity contribution in [2.24, 2.45) is 4.99 Å². The number of nitrogens with zero attached hydrogens (tertiary/aromatic N) is 2. The molecule has 4 rings (SSSR count). The molecule has 0 radical (unpaired) electrons. The molecule has 0 saturated carbocycles. The van der Waals surface area contributed by atoms with E-state index in [4.69, 9.17) is 0 Å². The zero-order valence-corrected chi connectivity index (χ0v) is 17.3. The van der Waals surface area contributed by atoms with Crippen LogP contribution in [0.4, 0.5) is 11.4 Å². The number of fused-ring (bicyclic) bond motifs is 1. The number of rotatable bonds is 4. The summed E-state index contributed by atoms with van der Waals surface area (Å²) in [7, 11) is -3.68.